The molecule has 3 rings (SSSR count). The first kappa shape index (κ1) is 14.7. The van der Waals surface area contributed by atoms with Crippen LogP contribution in [-0.2, 0) is 13.0 Å². The molecule has 1 aromatic carbocycles. The maximum atomic E-state index is 14.1. The molecule has 1 heterocycles. The minimum absolute atomic E-state index is 0.0951. The van der Waals surface area contributed by atoms with E-state index in [1.165, 1.54) is 23.3 Å². The predicted molar refractivity (Wildman–Crippen MR) is 82.3 cm³/mol. The second-order valence-corrected chi connectivity index (χ2v) is 6.32. The zero-order valence-corrected chi connectivity index (χ0v) is 13.4. The van der Waals surface area contributed by atoms with Gasteiger partial charge in [-0.05, 0) is 65.5 Å². The lowest BCUT2D eigenvalue weighted by Gasteiger charge is -2.21. The average molecular weight is 355 g/mol. The van der Waals surface area contributed by atoms with Crippen molar-refractivity contribution >= 4 is 15.9 Å². The van der Waals surface area contributed by atoms with Gasteiger partial charge in [-0.15, -0.1) is 0 Å². The molecule has 0 amide bonds. The average Bonchev–Trinajstić information content (AvgIpc) is 2.90. The molecule has 112 valence electrons. The summed E-state index contributed by atoms with van der Waals surface area (Å²) in [7, 11) is 1.95. The maximum absolute atomic E-state index is 14.1. The van der Waals surface area contributed by atoms with Crippen molar-refractivity contribution in [3.05, 3.63) is 57.3 Å². The molecular formula is C16H17BrF2N2. The molecule has 0 aliphatic heterocycles. The highest BCUT2D eigenvalue weighted by Crippen LogP contribution is 2.31. The van der Waals surface area contributed by atoms with E-state index >= 15 is 0 Å². The van der Waals surface area contributed by atoms with E-state index in [1.54, 1.807) is 0 Å². The first-order chi connectivity index (χ1) is 10.1. The second-order valence-electron chi connectivity index (χ2n) is 5.47. The van der Waals surface area contributed by atoms with E-state index in [0.717, 1.165) is 19.3 Å². The lowest BCUT2D eigenvalue weighted by molar-refractivity contribution is 0.498. The summed E-state index contributed by atoms with van der Waals surface area (Å²) in [4.78, 5) is 0. The van der Waals surface area contributed by atoms with Crippen LogP contribution < -0.4 is 5.32 Å². The third-order valence-corrected chi connectivity index (χ3v) is 4.75. The summed E-state index contributed by atoms with van der Waals surface area (Å²) in [5.41, 5.74) is 2.62. The van der Waals surface area contributed by atoms with Gasteiger partial charge in [-0.25, -0.2) is 8.78 Å². The number of halogens is 3. The molecule has 1 N–H and O–H groups in total. The Morgan fingerprint density at radius 2 is 2.14 bits per heavy atom. The fourth-order valence-electron chi connectivity index (χ4n) is 3.04. The maximum Gasteiger partial charge on any atom is 0.145 e. The molecule has 2 aromatic rings. The van der Waals surface area contributed by atoms with Crippen LogP contribution in [0.2, 0.25) is 0 Å². The normalized spacial score (nSPS) is 17.8. The van der Waals surface area contributed by atoms with E-state index in [1.807, 2.05) is 24.0 Å². The monoisotopic (exact) mass is 354 g/mol. The second kappa shape index (κ2) is 5.89. The minimum Gasteiger partial charge on any atom is -0.349 e. The lowest BCUT2D eigenvalue weighted by Crippen LogP contribution is -2.20. The number of nitrogens with one attached hydrogen (secondary N) is 1. The lowest BCUT2D eigenvalue weighted by atomic mass is 9.91. The number of rotatable bonds is 3. The van der Waals surface area contributed by atoms with Crippen molar-refractivity contribution in [1.29, 1.82) is 0 Å². The van der Waals surface area contributed by atoms with E-state index < -0.39 is 11.6 Å². The van der Waals surface area contributed by atoms with Gasteiger partial charge in [-0.2, -0.15) is 0 Å². The van der Waals surface area contributed by atoms with Gasteiger partial charge in [0.2, 0.25) is 0 Å². The molecule has 0 saturated heterocycles. The molecule has 2 nitrogen and oxygen atoms in total. The van der Waals surface area contributed by atoms with Gasteiger partial charge in [0.15, 0.2) is 0 Å². The minimum atomic E-state index is -0.521. The van der Waals surface area contributed by atoms with Crippen molar-refractivity contribution < 1.29 is 8.78 Å². The third kappa shape index (κ3) is 2.77. The molecule has 1 unspecified atom stereocenters. The number of aromatic nitrogens is 1. The molecular weight excluding hydrogens is 338 g/mol. The van der Waals surface area contributed by atoms with Crippen LogP contribution in [-0.4, -0.2) is 11.6 Å². The molecule has 5 heteroatoms. The molecule has 0 spiro atoms. The van der Waals surface area contributed by atoms with Crippen molar-refractivity contribution in [2.75, 3.05) is 7.05 Å². The van der Waals surface area contributed by atoms with Crippen molar-refractivity contribution in [3.8, 4) is 0 Å². The van der Waals surface area contributed by atoms with Crippen molar-refractivity contribution in [2.45, 2.75) is 31.8 Å². The summed E-state index contributed by atoms with van der Waals surface area (Å²) in [6.07, 6.45) is 7.30. The summed E-state index contributed by atoms with van der Waals surface area (Å²) in [5, 5.41) is 3.30. The Morgan fingerprint density at radius 3 is 2.90 bits per heavy atom. The summed E-state index contributed by atoms with van der Waals surface area (Å²) in [6.45, 7) is 0.209. The molecule has 0 bridgehead atoms. The van der Waals surface area contributed by atoms with Gasteiger partial charge in [0.25, 0.3) is 0 Å². The Morgan fingerprint density at radius 1 is 1.33 bits per heavy atom. The Labute approximate surface area is 131 Å². The van der Waals surface area contributed by atoms with E-state index in [0.29, 0.717) is 10.5 Å². The standard InChI is InChI=1S/C16H17BrF2N2/c1-20-15-4-2-3-10-7-21(8-11(10)15)9-12-14(18)6-5-13(17)16(12)19/h5-8,15,20H,2-4,9H2,1H3. The zero-order chi connectivity index (χ0) is 15.0. The summed E-state index contributed by atoms with van der Waals surface area (Å²) in [6, 6.07) is 3.03. The highest BCUT2D eigenvalue weighted by atomic mass is 79.9. The quantitative estimate of drug-likeness (QED) is 0.818. The van der Waals surface area contributed by atoms with Gasteiger partial charge in [-0.1, -0.05) is 0 Å². The van der Waals surface area contributed by atoms with Gasteiger partial charge >= 0.3 is 0 Å². The Bertz CT molecular complexity index is 667. The van der Waals surface area contributed by atoms with E-state index in [9.17, 15) is 8.78 Å². The largest absolute Gasteiger partial charge is 0.349 e. The molecule has 1 aliphatic carbocycles. The molecule has 21 heavy (non-hydrogen) atoms. The third-order valence-electron chi connectivity index (χ3n) is 4.14. The number of nitrogens with zero attached hydrogens (tertiary/aromatic N) is 1. The van der Waals surface area contributed by atoms with Crippen LogP contribution in [0.4, 0.5) is 8.78 Å². The summed E-state index contributed by atoms with van der Waals surface area (Å²) < 4.78 is 30.1. The molecule has 1 aliphatic rings. The molecule has 0 saturated carbocycles. The van der Waals surface area contributed by atoms with E-state index in [4.69, 9.17) is 0 Å². The van der Waals surface area contributed by atoms with Crippen molar-refractivity contribution in [2.24, 2.45) is 0 Å². The highest BCUT2D eigenvalue weighted by Gasteiger charge is 2.21. The van der Waals surface area contributed by atoms with Crippen LogP contribution in [0.15, 0.2) is 29.0 Å². The molecule has 0 radical (unpaired) electrons. The van der Waals surface area contributed by atoms with E-state index in [2.05, 4.69) is 21.2 Å². The Kier molecular flexibility index (Phi) is 4.13. The smallest absolute Gasteiger partial charge is 0.145 e. The van der Waals surface area contributed by atoms with Crippen molar-refractivity contribution in [1.82, 2.24) is 9.88 Å². The van der Waals surface area contributed by atoms with E-state index in [-0.39, 0.29) is 12.1 Å². The van der Waals surface area contributed by atoms with Gasteiger partial charge in [0.05, 0.1) is 11.0 Å². The number of hydrogen-bond acceptors (Lipinski definition) is 1. The first-order valence-electron chi connectivity index (χ1n) is 7.08. The number of aryl methyl sites for hydroxylation is 1. The predicted octanol–water partition coefficient (Wildman–Crippen LogP) is 4.17. The molecule has 1 aromatic heterocycles. The summed E-state index contributed by atoms with van der Waals surface area (Å²) in [5.74, 6) is -1.03. The SMILES string of the molecule is CNC1CCCc2cn(Cc3c(F)ccc(Br)c3F)cc21. The zero-order valence-electron chi connectivity index (χ0n) is 11.8. The van der Waals surface area contributed by atoms with Gasteiger partial charge in [0.1, 0.15) is 11.6 Å². The van der Waals surface area contributed by atoms with Crippen LogP contribution in [0.25, 0.3) is 0 Å². The fraction of sp³-hybridized carbons (Fsp3) is 0.375. The molecule has 1 atom stereocenters. The molecule has 0 fully saturated rings. The Hall–Kier alpha value is -1.20. The topological polar surface area (TPSA) is 17.0 Å². The summed E-state index contributed by atoms with van der Waals surface area (Å²) >= 11 is 3.11. The number of benzene rings is 1. The van der Waals surface area contributed by atoms with Gasteiger partial charge < -0.3 is 9.88 Å². The fourth-order valence-corrected chi connectivity index (χ4v) is 3.41. The van der Waals surface area contributed by atoms with Crippen LogP contribution in [0.3, 0.4) is 0 Å². The van der Waals surface area contributed by atoms with Gasteiger partial charge in [0, 0.05) is 24.0 Å². The number of fused-ring (bicyclic) bond motifs is 1. The van der Waals surface area contributed by atoms with Crippen LogP contribution >= 0.6 is 15.9 Å². The van der Waals surface area contributed by atoms with Gasteiger partial charge in [-0.3, -0.25) is 0 Å². The first-order valence-corrected chi connectivity index (χ1v) is 7.87. The Balaban J connectivity index is 1.93. The van der Waals surface area contributed by atoms with Crippen LogP contribution in [0.5, 0.6) is 0 Å². The van der Waals surface area contributed by atoms with Crippen LogP contribution in [0, 0.1) is 11.6 Å². The van der Waals surface area contributed by atoms with Crippen molar-refractivity contribution in [3.63, 3.8) is 0 Å². The highest BCUT2D eigenvalue weighted by molar-refractivity contribution is 9.10. The van der Waals surface area contributed by atoms with Crippen LogP contribution in [0.1, 0.15) is 35.6 Å². The number of hydrogen-bond donors (Lipinski definition) is 1.